The van der Waals surface area contributed by atoms with Gasteiger partial charge in [0.1, 0.15) is 17.1 Å². The predicted molar refractivity (Wildman–Crippen MR) is 74.6 cm³/mol. The Morgan fingerprint density at radius 2 is 1.56 bits per heavy atom. The highest BCUT2D eigenvalue weighted by Gasteiger charge is 2.41. The van der Waals surface area contributed by atoms with Crippen molar-refractivity contribution < 1.29 is 9.84 Å². The number of phenols is 1. The van der Waals surface area contributed by atoms with Crippen molar-refractivity contribution in [2.75, 3.05) is 0 Å². The van der Waals surface area contributed by atoms with Gasteiger partial charge in [-0.15, -0.1) is 0 Å². The van der Waals surface area contributed by atoms with Crippen molar-refractivity contribution in [3.8, 4) is 11.5 Å². The van der Waals surface area contributed by atoms with E-state index in [1.54, 1.807) is 0 Å². The van der Waals surface area contributed by atoms with E-state index in [1.807, 2.05) is 20.8 Å². The molecule has 100 valence electrons. The Morgan fingerprint density at radius 1 is 1.00 bits per heavy atom. The Labute approximate surface area is 110 Å². The first-order valence-corrected chi connectivity index (χ1v) is 6.70. The van der Waals surface area contributed by atoms with Crippen molar-refractivity contribution in [3.05, 3.63) is 22.3 Å². The van der Waals surface area contributed by atoms with E-state index in [0.29, 0.717) is 17.6 Å². The van der Waals surface area contributed by atoms with Crippen LogP contribution in [-0.4, -0.2) is 10.7 Å². The third-order valence-electron chi connectivity index (χ3n) is 4.93. The molecule has 1 aromatic carbocycles. The molecule has 1 aromatic rings. The van der Waals surface area contributed by atoms with Crippen LogP contribution in [0.15, 0.2) is 0 Å². The van der Waals surface area contributed by atoms with Gasteiger partial charge in [0.15, 0.2) is 0 Å². The summed E-state index contributed by atoms with van der Waals surface area (Å²) in [6.07, 6.45) is 0. The molecule has 1 aliphatic heterocycles. The summed E-state index contributed by atoms with van der Waals surface area (Å²) in [4.78, 5) is 0. The van der Waals surface area contributed by atoms with Crippen LogP contribution in [0.2, 0.25) is 0 Å². The molecule has 1 aliphatic rings. The quantitative estimate of drug-likeness (QED) is 0.744. The van der Waals surface area contributed by atoms with Gasteiger partial charge in [0.2, 0.25) is 0 Å². The van der Waals surface area contributed by atoms with E-state index in [2.05, 4.69) is 27.7 Å². The average Bonchev–Trinajstić information content (AvgIpc) is 2.30. The summed E-state index contributed by atoms with van der Waals surface area (Å²) < 4.78 is 6.24. The van der Waals surface area contributed by atoms with Gasteiger partial charge in [0.05, 0.1) is 0 Å². The largest absolute Gasteiger partial charge is 0.507 e. The molecule has 0 radical (unpaired) electrons. The molecule has 0 bridgehead atoms. The van der Waals surface area contributed by atoms with E-state index in [1.165, 1.54) is 5.56 Å². The van der Waals surface area contributed by atoms with E-state index >= 15 is 0 Å². The van der Waals surface area contributed by atoms with Gasteiger partial charge in [0.25, 0.3) is 0 Å². The minimum atomic E-state index is -0.160. The van der Waals surface area contributed by atoms with Crippen molar-refractivity contribution in [1.29, 1.82) is 0 Å². The van der Waals surface area contributed by atoms with E-state index in [4.69, 9.17) is 4.74 Å². The number of phenolic OH excluding ortho intramolecular Hbond substituents is 1. The maximum Gasteiger partial charge on any atom is 0.127 e. The molecule has 18 heavy (non-hydrogen) atoms. The molecule has 2 nitrogen and oxygen atoms in total. The number of hydrogen-bond donors (Lipinski definition) is 1. The molecule has 2 atom stereocenters. The van der Waals surface area contributed by atoms with Crippen molar-refractivity contribution in [2.24, 2.45) is 5.92 Å². The molecule has 1 heterocycles. The van der Waals surface area contributed by atoms with Gasteiger partial charge in [-0.25, -0.2) is 0 Å². The van der Waals surface area contributed by atoms with Gasteiger partial charge in [-0.3, -0.25) is 0 Å². The zero-order valence-electron chi connectivity index (χ0n) is 12.5. The van der Waals surface area contributed by atoms with Gasteiger partial charge in [-0.05, 0) is 57.2 Å². The van der Waals surface area contributed by atoms with E-state index in [0.717, 1.165) is 22.4 Å². The van der Waals surface area contributed by atoms with Crippen LogP contribution in [0.5, 0.6) is 11.5 Å². The molecular formula is C16H24O2. The Kier molecular flexibility index (Phi) is 2.88. The van der Waals surface area contributed by atoms with Crippen molar-refractivity contribution in [2.45, 2.75) is 60.0 Å². The van der Waals surface area contributed by atoms with E-state index in [-0.39, 0.29) is 5.60 Å². The van der Waals surface area contributed by atoms with Gasteiger partial charge in [0, 0.05) is 11.5 Å². The SMILES string of the molecule is Cc1c(C)c2c(c(C)c1O)C(C)C(C)C(C)(C)O2. The second kappa shape index (κ2) is 3.91. The second-order valence-electron chi connectivity index (χ2n) is 6.25. The summed E-state index contributed by atoms with van der Waals surface area (Å²) >= 11 is 0. The first-order valence-electron chi connectivity index (χ1n) is 6.70. The predicted octanol–water partition coefficient (Wildman–Crippen LogP) is 4.23. The lowest BCUT2D eigenvalue weighted by molar-refractivity contribution is 0.0210. The number of benzene rings is 1. The fraction of sp³-hybridized carbons (Fsp3) is 0.625. The average molecular weight is 248 g/mol. The fourth-order valence-corrected chi connectivity index (χ4v) is 3.02. The Bertz CT molecular complexity index is 501. The molecule has 0 fully saturated rings. The third kappa shape index (κ3) is 1.62. The van der Waals surface area contributed by atoms with Gasteiger partial charge in [-0.1, -0.05) is 13.8 Å². The summed E-state index contributed by atoms with van der Waals surface area (Å²) in [5, 5.41) is 10.2. The summed E-state index contributed by atoms with van der Waals surface area (Å²) in [5.74, 6) is 2.23. The van der Waals surface area contributed by atoms with Crippen LogP contribution in [0, 0.1) is 26.7 Å². The molecule has 1 N–H and O–H groups in total. The summed E-state index contributed by atoms with van der Waals surface area (Å²) in [6, 6.07) is 0. The number of rotatable bonds is 0. The lowest BCUT2D eigenvalue weighted by Crippen LogP contribution is -2.43. The van der Waals surface area contributed by atoms with Crippen LogP contribution in [0.3, 0.4) is 0 Å². The minimum absolute atomic E-state index is 0.160. The highest BCUT2D eigenvalue weighted by atomic mass is 16.5. The van der Waals surface area contributed by atoms with E-state index < -0.39 is 0 Å². The van der Waals surface area contributed by atoms with Crippen LogP contribution < -0.4 is 4.74 Å². The lowest BCUT2D eigenvalue weighted by Gasteiger charge is -2.44. The first-order chi connectivity index (χ1) is 8.18. The smallest absolute Gasteiger partial charge is 0.127 e. The minimum Gasteiger partial charge on any atom is -0.507 e. The van der Waals surface area contributed by atoms with E-state index in [9.17, 15) is 5.11 Å². The van der Waals surface area contributed by atoms with Crippen LogP contribution in [0.1, 0.15) is 55.9 Å². The van der Waals surface area contributed by atoms with Crippen LogP contribution >= 0.6 is 0 Å². The number of fused-ring (bicyclic) bond motifs is 1. The maximum absolute atomic E-state index is 10.2. The normalized spacial score (nSPS) is 25.5. The molecular weight excluding hydrogens is 224 g/mol. The molecule has 2 rings (SSSR count). The number of aromatic hydroxyl groups is 1. The van der Waals surface area contributed by atoms with Crippen molar-refractivity contribution in [1.82, 2.24) is 0 Å². The Morgan fingerprint density at radius 3 is 2.11 bits per heavy atom. The van der Waals surface area contributed by atoms with Crippen LogP contribution in [-0.2, 0) is 0 Å². The fourth-order valence-electron chi connectivity index (χ4n) is 3.02. The number of hydrogen-bond acceptors (Lipinski definition) is 2. The number of ether oxygens (including phenoxy) is 1. The Hall–Kier alpha value is -1.18. The van der Waals surface area contributed by atoms with Crippen molar-refractivity contribution >= 4 is 0 Å². The molecule has 2 unspecified atom stereocenters. The maximum atomic E-state index is 10.2. The van der Waals surface area contributed by atoms with Gasteiger partial charge < -0.3 is 9.84 Å². The molecule has 0 aromatic heterocycles. The molecule has 0 amide bonds. The van der Waals surface area contributed by atoms with Crippen LogP contribution in [0.25, 0.3) is 0 Å². The Balaban J connectivity index is 2.76. The monoisotopic (exact) mass is 248 g/mol. The molecule has 0 spiro atoms. The first kappa shape index (κ1) is 13.3. The molecule has 2 heteroatoms. The van der Waals surface area contributed by atoms with Crippen molar-refractivity contribution in [3.63, 3.8) is 0 Å². The highest BCUT2D eigenvalue weighted by molar-refractivity contribution is 5.59. The molecule has 0 aliphatic carbocycles. The van der Waals surface area contributed by atoms with Gasteiger partial charge >= 0.3 is 0 Å². The zero-order chi connectivity index (χ0) is 13.8. The third-order valence-corrected chi connectivity index (χ3v) is 4.93. The second-order valence-corrected chi connectivity index (χ2v) is 6.25. The summed E-state index contributed by atoms with van der Waals surface area (Å²) in [5.41, 5.74) is 4.00. The lowest BCUT2D eigenvalue weighted by atomic mass is 9.74. The summed E-state index contributed by atoms with van der Waals surface area (Å²) in [6.45, 7) is 14.7. The summed E-state index contributed by atoms with van der Waals surface area (Å²) in [7, 11) is 0. The molecule has 0 saturated carbocycles. The topological polar surface area (TPSA) is 29.5 Å². The van der Waals surface area contributed by atoms with Crippen LogP contribution in [0.4, 0.5) is 0 Å². The zero-order valence-corrected chi connectivity index (χ0v) is 12.5. The van der Waals surface area contributed by atoms with Gasteiger partial charge in [-0.2, -0.15) is 0 Å². The highest BCUT2D eigenvalue weighted by Crippen LogP contribution is 2.50. The standard InChI is InChI=1S/C16H24O2/c1-8-9(2)15-13(11(4)14(8)17)10(3)12(5)16(6,7)18-15/h10,12,17H,1-7H3. The molecule has 0 saturated heterocycles.